The Bertz CT molecular complexity index is 1120. The molecule has 6 heteroatoms. The van der Waals surface area contributed by atoms with Crippen molar-refractivity contribution in [1.82, 2.24) is 20.1 Å². The van der Waals surface area contributed by atoms with E-state index in [0.29, 0.717) is 17.0 Å². The predicted octanol–water partition coefficient (Wildman–Crippen LogP) is 3.96. The molecular weight excluding hydrogens is 362 g/mol. The van der Waals surface area contributed by atoms with Crippen LogP contribution >= 0.6 is 0 Å². The lowest BCUT2D eigenvalue weighted by molar-refractivity contribution is 0.0928. The fourth-order valence-corrected chi connectivity index (χ4v) is 3.95. The van der Waals surface area contributed by atoms with Crippen LogP contribution in [0, 0.1) is 11.3 Å². The minimum absolute atomic E-state index is 0.0898. The first-order valence-electron chi connectivity index (χ1n) is 10.1. The molecule has 0 saturated heterocycles. The largest absolute Gasteiger partial charge is 0.344 e. The molecular formula is C23H21N5O. The van der Waals surface area contributed by atoms with Crippen LogP contribution in [0.15, 0.2) is 48.7 Å². The number of aryl methyl sites for hydroxylation is 1. The van der Waals surface area contributed by atoms with Gasteiger partial charge < -0.3 is 5.32 Å². The fraction of sp³-hybridized carbons (Fsp3) is 0.304. The van der Waals surface area contributed by atoms with Gasteiger partial charge in [-0.1, -0.05) is 6.07 Å². The number of hydrogen-bond donors (Lipinski definition) is 1. The molecule has 5 rings (SSSR count). The Kier molecular flexibility index (Phi) is 4.36. The van der Waals surface area contributed by atoms with Crippen LogP contribution < -0.4 is 5.32 Å². The van der Waals surface area contributed by atoms with Crippen LogP contribution in [0.3, 0.4) is 0 Å². The number of hydrogen-bond acceptors (Lipinski definition) is 4. The molecule has 1 fully saturated rings. The van der Waals surface area contributed by atoms with Crippen molar-refractivity contribution < 1.29 is 4.79 Å². The van der Waals surface area contributed by atoms with Crippen LogP contribution in [0.5, 0.6) is 0 Å². The Morgan fingerprint density at radius 3 is 2.90 bits per heavy atom. The third kappa shape index (κ3) is 3.52. The Morgan fingerprint density at radius 2 is 2.07 bits per heavy atom. The first-order chi connectivity index (χ1) is 14.2. The zero-order chi connectivity index (χ0) is 19.8. The third-order valence-electron chi connectivity index (χ3n) is 5.66. The van der Waals surface area contributed by atoms with E-state index >= 15 is 0 Å². The Morgan fingerprint density at radius 1 is 1.17 bits per heavy atom. The van der Waals surface area contributed by atoms with Crippen molar-refractivity contribution in [3.05, 3.63) is 71.2 Å². The van der Waals surface area contributed by atoms with Crippen LogP contribution in [-0.4, -0.2) is 20.7 Å². The lowest BCUT2D eigenvalue weighted by atomic mass is 10.0. The molecule has 0 radical (unpaired) electrons. The van der Waals surface area contributed by atoms with Gasteiger partial charge in [-0.05, 0) is 62.1 Å². The van der Waals surface area contributed by atoms with Crippen LogP contribution in [0.1, 0.15) is 65.0 Å². The molecule has 1 atom stereocenters. The number of aromatic nitrogens is 3. The van der Waals surface area contributed by atoms with Crippen LogP contribution in [-0.2, 0) is 6.54 Å². The van der Waals surface area contributed by atoms with Gasteiger partial charge in [-0.3, -0.25) is 14.5 Å². The van der Waals surface area contributed by atoms with E-state index in [4.69, 9.17) is 10.4 Å². The molecule has 0 unspecified atom stereocenters. The summed E-state index contributed by atoms with van der Waals surface area (Å²) in [6, 6.07) is 15.0. The molecule has 144 valence electrons. The van der Waals surface area contributed by atoms with E-state index in [0.717, 1.165) is 42.0 Å². The zero-order valence-electron chi connectivity index (χ0n) is 16.0. The van der Waals surface area contributed by atoms with Crippen LogP contribution in [0.4, 0.5) is 0 Å². The number of fused-ring (bicyclic) bond motifs is 1. The lowest BCUT2D eigenvalue weighted by Gasteiger charge is -2.24. The number of pyridine rings is 1. The molecule has 1 aliphatic heterocycles. The van der Waals surface area contributed by atoms with E-state index in [2.05, 4.69) is 28.5 Å². The van der Waals surface area contributed by atoms with Crippen molar-refractivity contribution in [1.29, 1.82) is 5.26 Å². The van der Waals surface area contributed by atoms with Gasteiger partial charge >= 0.3 is 0 Å². The summed E-state index contributed by atoms with van der Waals surface area (Å²) in [6.45, 7) is 0.853. The van der Waals surface area contributed by atoms with E-state index in [1.807, 2.05) is 16.9 Å². The molecule has 1 aromatic carbocycles. The van der Waals surface area contributed by atoms with Crippen molar-refractivity contribution in [2.75, 3.05) is 0 Å². The average molecular weight is 383 g/mol. The lowest BCUT2D eigenvalue weighted by Crippen LogP contribution is -2.32. The zero-order valence-corrected chi connectivity index (χ0v) is 16.0. The van der Waals surface area contributed by atoms with Crippen molar-refractivity contribution in [2.24, 2.45) is 0 Å². The molecule has 1 N–H and O–H groups in total. The highest BCUT2D eigenvalue weighted by molar-refractivity contribution is 5.94. The molecule has 29 heavy (non-hydrogen) atoms. The summed E-state index contributed by atoms with van der Waals surface area (Å²) in [5, 5.41) is 17.0. The summed E-state index contributed by atoms with van der Waals surface area (Å²) in [7, 11) is 0. The topological polar surface area (TPSA) is 83.6 Å². The van der Waals surface area contributed by atoms with Gasteiger partial charge in [0.05, 0.1) is 29.1 Å². The number of nitrogens with zero attached hydrogens (tertiary/aromatic N) is 4. The van der Waals surface area contributed by atoms with Crippen molar-refractivity contribution in [2.45, 2.75) is 44.2 Å². The van der Waals surface area contributed by atoms with Gasteiger partial charge in [0, 0.05) is 35.5 Å². The number of amides is 1. The molecule has 6 nitrogen and oxygen atoms in total. The normalized spacial score (nSPS) is 18.0. The number of carbonyl (C=O) groups excluding carboxylic acids is 1. The number of rotatable bonds is 4. The second-order valence-electron chi connectivity index (χ2n) is 7.78. The van der Waals surface area contributed by atoms with Crippen LogP contribution in [0.25, 0.3) is 11.3 Å². The monoisotopic (exact) mass is 383 g/mol. The highest BCUT2D eigenvalue weighted by Gasteiger charge is 2.27. The number of carbonyl (C=O) groups is 1. The molecule has 1 aliphatic carbocycles. The van der Waals surface area contributed by atoms with Gasteiger partial charge in [0.1, 0.15) is 0 Å². The average Bonchev–Trinajstić information content (AvgIpc) is 3.52. The van der Waals surface area contributed by atoms with E-state index < -0.39 is 0 Å². The minimum atomic E-state index is -0.164. The summed E-state index contributed by atoms with van der Waals surface area (Å²) < 4.78 is 2.01. The Hall–Kier alpha value is -3.46. The van der Waals surface area contributed by atoms with Crippen molar-refractivity contribution in [3.8, 4) is 17.3 Å². The molecule has 3 aromatic rings. The summed E-state index contributed by atoms with van der Waals surface area (Å²) in [5.41, 5.74) is 5.17. The summed E-state index contributed by atoms with van der Waals surface area (Å²) in [4.78, 5) is 17.2. The van der Waals surface area contributed by atoms with Gasteiger partial charge in [-0.25, -0.2) is 0 Å². The van der Waals surface area contributed by atoms with E-state index in [9.17, 15) is 4.79 Å². The maximum absolute atomic E-state index is 12.7. The number of nitriles is 1. The highest BCUT2D eigenvalue weighted by Crippen LogP contribution is 2.40. The van der Waals surface area contributed by atoms with Gasteiger partial charge in [0.25, 0.3) is 5.91 Å². The van der Waals surface area contributed by atoms with E-state index in [-0.39, 0.29) is 11.9 Å². The Labute approximate surface area is 169 Å². The standard InChI is InChI=1S/C23H21N5O/c24-14-15-3-1-4-18(11-15)23(29)26-19-5-2-10-28-22(19)13-21(27-28)17-8-9-25-20(12-17)16-6-7-16/h1,3-4,8-9,11-13,16,19H,2,5-7,10H2,(H,26,29)/t19-/m1/s1. The first kappa shape index (κ1) is 17.6. The highest BCUT2D eigenvalue weighted by atomic mass is 16.1. The van der Waals surface area contributed by atoms with Gasteiger partial charge in [-0.2, -0.15) is 10.4 Å². The summed E-state index contributed by atoms with van der Waals surface area (Å²) >= 11 is 0. The van der Waals surface area contributed by atoms with Crippen LogP contribution in [0.2, 0.25) is 0 Å². The maximum atomic E-state index is 12.7. The number of benzene rings is 1. The smallest absolute Gasteiger partial charge is 0.251 e. The van der Waals surface area contributed by atoms with Gasteiger partial charge in [0.2, 0.25) is 0 Å². The van der Waals surface area contributed by atoms with Crippen molar-refractivity contribution in [3.63, 3.8) is 0 Å². The third-order valence-corrected chi connectivity index (χ3v) is 5.66. The van der Waals surface area contributed by atoms with Gasteiger partial charge in [0.15, 0.2) is 0 Å². The van der Waals surface area contributed by atoms with Gasteiger partial charge in [-0.15, -0.1) is 0 Å². The fourth-order valence-electron chi connectivity index (χ4n) is 3.95. The molecule has 2 aromatic heterocycles. The molecule has 2 aliphatic rings. The summed E-state index contributed by atoms with van der Waals surface area (Å²) in [6.07, 6.45) is 6.14. The number of nitrogens with one attached hydrogen (secondary N) is 1. The van der Waals surface area contributed by atoms with E-state index in [1.54, 1.807) is 24.3 Å². The first-order valence-corrected chi connectivity index (χ1v) is 10.1. The molecule has 1 saturated carbocycles. The second-order valence-corrected chi connectivity index (χ2v) is 7.78. The predicted molar refractivity (Wildman–Crippen MR) is 108 cm³/mol. The SMILES string of the molecule is N#Cc1cccc(C(=O)N[C@@H]2CCCn3nc(-c4ccnc(C5CC5)c4)cc32)c1. The quantitative estimate of drug-likeness (QED) is 0.739. The summed E-state index contributed by atoms with van der Waals surface area (Å²) in [5.74, 6) is 0.437. The van der Waals surface area contributed by atoms with E-state index in [1.165, 1.54) is 12.8 Å². The molecule has 0 bridgehead atoms. The van der Waals surface area contributed by atoms with Crippen molar-refractivity contribution >= 4 is 5.91 Å². The minimum Gasteiger partial charge on any atom is -0.344 e. The Balaban J connectivity index is 1.40. The molecule has 0 spiro atoms. The molecule has 1 amide bonds. The second kappa shape index (κ2) is 7.17. The maximum Gasteiger partial charge on any atom is 0.251 e. The molecule has 3 heterocycles.